The van der Waals surface area contributed by atoms with Crippen LogP contribution in [0.5, 0.6) is 0 Å². The zero-order chi connectivity index (χ0) is 19.3. The maximum atomic E-state index is 11.2. The van der Waals surface area contributed by atoms with Gasteiger partial charge in [0.1, 0.15) is 0 Å². The Hall–Kier alpha value is -0.740. The SMILES string of the molecule is C#CCNCCC/C(C)=C/CC/C(C)=C/COP(=O)(O)OP(=O)(O)O. The minimum absolute atomic E-state index is 0.275. The number of terminal acetylenes is 1. The minimum atomic E-state index is -5.08. The minimum Gasteiger partial charge on any atom is -0.306 e. The third-order valence-corrected chi connectivity index (χ3v) is 5.21. The van der Waals surface area contributed by atoms with Gasteiger partial charge in [-0.05, 0) is 46.1 Å². The van der Waals surface area contributed by atoms with Crippen molar-refractivity contribution < 1.29 is 32.6 Å². The largest absolute Gasteiger partial charge is 0.481 e. The molecule has 144 valence electrons. The van der Waals surface area contributed by atoms with Crippen molar-refractivity contribution in [2.75, 3.05) is 19.7 Å². The second-order valence-corrected chi connectivity index (χ2v) is 8.29. The van der Waals surface area contributed by atoms with Gasteiger partial charge in [-0.3, -0.25) is 4.52 Å². The average Bonchev–Trinajstić information content (AvgIpc) is 2.44. The fourth-order valence-electron chi connectivity index (χ4n) is 1.83. The highest BCUT2D eigenvalue weighted by molar-refractivity contribution is 7.60. The lowest BCUT2D eigenvalue weighted by Gasteiger charge is -2.11. The van der Waals surface area contributed by atoms with Gasteiger partial charge in [-0.15, -0.1) is 6.42 Å². The normalized spacial score (nSPS) is 15.7. The van der Waals surface area contributed by atoms with Gasteiger partial charge in [0.15, 0.2) is 0 Å². The van der Waals surface area contributed by atoms with Crippen LogP contribution in [0.1, 0.15) is 39.5 Å². The zero-order valence-electron chi connectivity index (χ0n) is 14.6. The van der Waals surface area contributed by atoms with Gasteiger partial charge < -0.3 is 20.0 Å². The topological polar surface area (TPSA) is 125 Å². The standard InChI is InChI=1S/C15H27NO7P2/c1-4-11-16-12-6-9-14(2)7-5-8-15(3)10-13-22-25(20,21)23-24(17,18)19/h1,7,10,16H,5-6,8-9,11-13H2,2-3H3,(H,20,21)(H2,17,18,19)/b14-7+,15-10+. The molecule has 0 aromatic heterocycles. The summed E-state index contributed by atoms with van der Waals surface area (Å²) in [4.78, 5) is 26.1. The van der Waals surface area contributed by atoms with Crippen molar-refractivity contribution in [3.05, 3.63) is 23.3 Å². The highest BCUT2D eigenvalue weighted by Gasteiger charge is 2.31. The van der Waals surface area contributed by atoms with Crippen LogP contribution in [0, 0.1) is 12.3 Å². The van der Waals surface area contributed by atoms with E-state index in [1.54, 1.807) is 6.08 Å². The van der Waals surface area contributed by atoms with E-state index in [-0.39, 0.29) is 6.61 Å². The maximum Gasteiger partial charge on any atom is 0.481 e. The molecule has 0 rings (SSSR count). The van der Waals surface area contributed by atoms with Crippen molar-refractivity contribution >= 4 is 15.6 Å². The molecule has 0 aliphatic carbocycles. The summed E-state index contributed by atoms with van der Waals surface area (Å²) < 4.78 is 29.9. The molecule has 0 amide bonds. The number of allylic oxidation sites excluding steroid dienone is 3. The van der Waals surface area contributed by atoms with Crippen LogP contribution >= 0.6 is 15.6 Å². The molecule has 0 saturated heterocycles. The van der Waals surface area contributed by atoms with E-state index in [1.807, 2.05) is 6.92 Å². The molecule has 0 bridgehead atoms. The predicted octanol–water partition coefficient (Wildman–Crippen LogP) is 2.89. The molecule has 0 aliphatic rings. The average molecular weight is 395 g/mol. The number of rotatable bonds is 13. The van der Waals surface area contributed by atoms with Crippen LogP contribution in [0.15, 0.2) is 23.3 Å². The monoisotopic (exact) mass is 395 g/mol. The van der Waals surface area contributed by atoms with Gasteiger partial charge in [-0.25, -0.2) is 9.13 Å². The van der Waals surface area contributed by atoms with E-state index in [1.165, 1.54) is 5.57 Å². The molecule has 0 aliphatic heterocycles. The van der Waals surface area contributed by atoms with Crippen LogP contribution in [0.3, 0.4) is 0 Å². The first-order valence-corrected chi connectivity index (χ1v) is 10.8. The second kappa shape index (κ2) is 12.6. The molecule has 1 atom stereocenters. The molecule has 0 aromatic rings. The number of hydrogen-bond donors (Lipinski definition) is 4. The Morgan fingerprint density at radius 3 is 2.40 bits per heavy atom. The summed E-state index contributed by atoms with van der Waals surface area (Å²) in [6.45, 7) is 5.08. The highest BCUT2D eigenvalue weighted by Crippen LogP contribution is 2.57. The fourth-order valence-corrected chi connectivity index (χ4v) is 3.36. The van der Waals surface area contributed by atoms with Crippen molar-refractivity contribution in [2.45, 2.75) is 39.5 Å². The Kier molecular flexibility index (Phi) is 12.2. The van der Waals surface area contributed by atoms with Crippen LogP contribution in [-0.4, -0.2) is 34.4 Å². The molecule has 0 spiro atoms. The third kappa shape index (κ3) is 16.5. The molecule has 0 heterocycles. The van der Waals surface area contributed by atoms with Crippen molar-refractivity contribution in [2.24, 2.45) is 0 Å². The first-order valence-electron chi connectivity index (χ1n) is 7.75. The molecule has 0 aromatic carbocycles. The molecule has 25 heavy (non-hydrogen) atoms. The summed E-state index contributed by atoms with van der Waals surface area (Å²) in [6, 6.07) is 0. The summed E-state index contributed by atoms with van der Waals surface area (Å²) in [5.74, 6) is 2.52. The second-order valence-electron chi connectivity index (χ2n) is 5.46. The summed E-state index contributed by atoms with van der Waals surface area (Å²) in [5, 5.41) is 3.13. The molecule has 0 saturated carbocycles. The van der Waals surface area contributed by atoms with Crippen LogP contribution in [0.25, 0.3) is 0 Å². The third-order valence-electron chi connectivity index (χ3n) is 3.06. The van der Waals surface area contributed by atoms with Gasteiger partial charge in [0, 0.05) is 0 Å². The van der Waals surface area contributed by atoms with Crippen molar-refractivity contribution in [3.8, 4) is 12.3 Å². The number of phosphoric ester groups is 1. The Morgan fingerprint density at radius 2 is 1.80 bits per heavy atom. The first kappa shape index (κ1) is 24.3. The van der Waals surface area contributed by atoms with Crippen molar-refractivity contribution in [3.63, 3.8) is 0 Å². The Morgan fingerprint density at radius 1 is 1.16 bits per heavy atom. The molecular weight excluding hydrogens is 368 g/mol. The van der Waals surface area contributed by atoms with Crippen LogP contribution in [0.4, 0.5) is 0 Å². The molecule has 10 heteroatoms. The number of phosphoric acid groups is 2. The van der Waals surface area contributed by atoms with Gasteiger partial charge in [0.25, 0.3) is 0 Å². The van der Waals surface area contributed by atoms with E-state index in [0.29, 0.717) is 6.54 Å². The quantitative estimate of drug-likeness (QED) is 0.162. The molecule has 0 fully saturated rings. The van der Waals surface area contributed by atoms with E-state index >= 15 is 0 Å². The van der Waals surface area contributed by atoms with Crippen molar-refractivity contribution in [1.82, 2.24) is 5.32 Å². The lowest BCUT2D eigenvalue weighted by atomic mass is 10.1. The number of nitrogens with one attached hydrogen (secondary N) is 1. The van der Waals surface area contributed by atoms with Gasteiger partial charge in [0.2, 0.25) is 0 Å². The van der Waals surface area contributed by atoms with Gasteiger partial charge in [0.05, 0.1) is 13.2 Å². The van der Waals surface area contributed by atoms with Crippen LogP contribution < -0.4 is 5.32 Å². The summed E-state index contributed by atoms with van der Waals surface area (Å²) in [6.07, 6.45) is 12.4. The van der Waals surface area contributed by atoms with Gasteiger partial charge in [-0.1, -0.05) is 29.2 Å². The molecule has 8 nitrogen and oxygen atoms in total. The predicted molar refractivity (Wildman–Crippen MR) is 96.6 cm³/mol. The lowest BCUT2D eigenvalue weighted by Crippen LogP contribution is -2.14. The molecule has 1 unspecified atom stereocenters. The van der Waals surface area contributed by atoms with E-state index in [2.05, 4.69) is 33.1 Å². The zero-order valence-corrected chi connectivity index (χ0v) is 16.3. The summed E-state index contributed by atoms with van der Waals surface area (Å²) in [7, 11) is -9.85. The fraction of sp³-hybridized carbons (Fsp3) is 0.600. The van der Waals surface area contributed by atoms with Gasteiger partial charge >= 0.3 is 15.6 Å². The van der Waals surface area contributed by atoms with Crippen LogP contribution in [0.2, 0.25) is 0 Å². The first-order chi connectivity index (χ1) is 11.6. The molecular formula is C15H27NO7P2. The Balaban J connectivity index is 4.05. The smallest absolute Gasteiger partial charge is 0.306 e. The lowest BCUT2D eigenvalue weighted by molar-refractivity contribution is 0.191. The maximum absolute atomic E-state index is 11.2. The Labute approximate surface area is 149 Å². The Bertz CT molecular complexity index is 589. The van der Waals surface area contributed by atoms with Crippen LogP contribution in [-0.2, 0) is 18.0 Å². The molecule has 0 radical (unpaired) electrons. The van der Waals surface area contributed by atoms with E-state index < -0.39 is 15.6 Å². The van der Waals surface area contributed by atoms with Gasteiger partial charge in [-0.2, -0.15) is 4.31 Å². The summed E-state index contributed by atoms with van der Waals surface area (Å²) in [5.41, 5.74) is 2.21. The van der Waals surface area contributed by atoms with Crippen molar-refractivity contribution in [1.29, 1.82) is 0 Å². The molecule has 4 N–H and O–H groups in total. The summed E-state index contributed by atoms with van der Waals surface area (Å²) >= 11 is 0. The number of hydrogen-bond acceptors (Lipinski definition) is 5. The highest BCUT2D eigenvalue weighted by atomic mass is 31.3. The van der Waals surface area contributed by atoms with E-state index in [4.69, 9.17) is 21.1 Å². The van der Waals surface area contributed by atoms with E-state index in [0.717, 1.165) is 37.8 Å². The van der Waals surface area contributed by atoms with E-state index in [9.17, 15) is 9.13 Å².